The molecule has 0 N–H and O–H groups in total. The molecule has 3 nitrogen and oxygen atoms in total. The van der Waals surface area contributed by atoms with Gasteiger partial charge in [-0.05, 0) is 37.6 Å². The summed E-state index contributed by atoms with van der Waals surface area (Å²) >= 11 is 1.59. The zero-order valence-electron chi connectivity index (χ0n) is 10.8. The minimum absolute atomic E-state index is 0.221. The van der Waals surface area contributed by atoms with E-state index in [9.17, 15) is 4.79 Å². The first-order valence-electron chi connectivity index (χ1n) is 5.83. The third kappa shape index (κ3) is 3.21. The Morgan fingerprint density at radius 2 is 2.00 bits per heavy atom. The van der Waals surface area contributed by atoms with E-state index in [4.69, 9.17) is 10.00 Å². The zero-order chi connectivity index (χ0) is 13.8. The number of hydrogen-bond acceptors (Lipinski definition) is 4. The lowest BCUT2D eigenvalue weighted by molar-refractivity contribution is 0.0472. The number of carbonyl (C=O) groups excluding carboxylic acids is 1. The molecule has 0 spiro atoms. The standard InChI is InChI=1S/C15H13NO2S/c1-10-7-14(11(2)19-10)15(17)18-9-13-5-3-12(8-16)4-6-13/h3-7H,9H2,1-2H3. The average molecular weight is 271 g/mol. The quantitative estimate of drug-likeness (QED) is 0.801. The lowest BCUT2D eigenvalue weighted by Crippen LogP contribution is -2.05. The highest BCUT2D eigenvalue weighted by molar-refractivity contribution is 7.12. The summed E-state index contributed by atoms with van der Waals surface area (Å²) in [7, 11) is 0. The van der Waals surface area contributed by atoms with Gasteiger partial charge < -0.3 is 4.74 Å². The van der Waals surface area contributed by atoms with Crippen LogP contribution < -0.4 is 0 Å². The molecule has 0 aliphatic carbocycles. The molecule has 2 aromatic rings. The minimum atomic E-state index is -0.300. The maximum absolute atomic E-state index is 11.9. The lowest BCUT2D eigenvalue weighted by Gasteiger charge is -2.04. The van der Waals surface area contributed by atoms with Crippen LogP contribution in [0.25, 0.3) is 0 Å². The first-order chi connectivity index (χ1) is 9.10. The van der Waals surface area contributed by atoms with Gasteiger partial charge in [0.15, 0.2) is 0 Å². The van der Waals surface area contributed by atoms with Gasteiger partial charge in [-0.15, -0.1) is 11.3 Å². The number of carbonyl (C=O) groups is 1. The Labute approximate surface area is 116 Å². The lowest BCUT2D eigenvalue weighted by atomic mass is 10.1. The summed E-state index contributed by atoms with van der Waals surface area (Å²) in [6, 6.07) is 10.9. The monoisotopic (exact) mass is 271 g/mol. The van der Waals surface area contributed by atoms with E-state index in [1.807, 2.05) is 26.0 Å². The van der Waals surface area contributed by atoms with Gasteiger partial charge in [0.25, 0.3) is 0 Å². The van der Waals surface area contributed by atoms with Crippen molar-refractivity contribution in [2.45, 2.75) is 20.5 Å². The van der Waals surface area contributed by atoms with Crippen molar-refractivity contribution in [3.63, 3.8) is 0 Å². The first-order valence-corrected chi connectivity index (χ1v) is 6.65. The molecule has 0 aliphatic rings. The third-order valence-corrected chi connectivity index (χ3v) is 3.68. The van der Waals surface area contributed by atoms with Gasteiger partial charge in [-0.3, -0.25) is 0 Å². The van der Waals surface area contributed by atoms with Crippen LogP contribution in [0.5, 0.6) is 0 Å². The Morgan fingerprint density at radius 3 is 2.53 bits per heavy atom. The Morgan fingerprint density at radius 1 is 1.32 bits per heavy atom. The summed E-state index contributed by atoms with van der Waals surface area (Å²) in [6.07, 6.45) is 0. The molecule has 0 atom stereocenters. The molecule has 0 aliphatic heterocycles. The van der Waals surface area contributed by atoms with Crippen molar-refractivity contribution in [3.05, 3.63) is 56.8 Å². The van der Waals surface area contributed by atoms with E-state index in [1.54, 1.807) is 35.6 Å². The summed E-state index contributed by atoms with van der Waals surface area (Å²) < 4.78 is 5.27. The van der Waals surface area contributed by atoms with Gasteiger partial charge in [0.1, 0.15) is 6.61 Å². The minimum Gasteiger partial charge on any atom is -0.457 e. The van der Waals surface area contributed by atoms with Crippen LogP contribution >= 0.6 is 11.3 Å². The summed E-state index contributed by atoms with van der Waals surface area (Å²) in [5.41, 5.74) is 2.10. The normalized spacial score (nSPS) is 9.95. The smallest absolute Gasteiger partial charge is 0.339 e. The van der Waals surface area contributed by atoms with Crippen molar-refractivity contribution in [1.82, 2.24) is 0 Å². The van der Waals surface area contributed by atoms with Crippen molar-refractivity contribution in [1.29, 1.82) is 5.26 Å². The van der Waals surface area contributed by atoms with Gasteiger partial charge in [0.2, 0.25) is 0 Å². The number of nitrogens with zero attached hydrogens (tertiary/aromatic N) is 1. The number of esters is 1. The van der Waals surface area contributed by atoms with Gasteiger partial charge >= 0.3 is 5.97 Å². The van der Waals surface area contributed by atoms with E-state index in [-0.39, 0.29) is 12.6 Å². The molecule has 0 bridgehead atoms. The number of nitriles is 1. The van der Waals surface area contributed by atoms with Crippen molar-refractivity contribution >= 4 is 17.3 Å². The molecule has 0 saturated heterocycles. The molecular weight excluding hydrogens is 258 g/mol. The van der Waals surface area contributed by atoms with Crippen LogP contribution in [0.1, 0.15) is 31.2 Å². The highest BCUT2D eigenvalue weighted by Crippen LogP contribution is 2.21. The average Bonchev–Trinajstić information content (AvgIpc) is 2.75. The van der Waals surface area contributed by atoms with E-state index in [0.29, 0.717) is 11.1 Å². The first kappa shape index (κ1) is 13.3. The van der Waals surface area contributed by atoms with Gasteiger partial charge in [-0.25, -0.2) is 4.79 Å². The van der Waals surface area contributed by atoms with Crippen LogP contribution in [0.15, 0.2) is 30.3 Å². The number of rotatable bonds is 3. The second-order valence-corrected chi connectivity index (χ2v) is 5.67. The molecule has 2 rings (SSSR count). The second-order valence-electron chi connectivity index (χ2n) is 4.21. The molecule has 0 fully saturated rings. The number of benzene rings is 1. The van der Waals surface area contributed by atoms with E-state index >= 15 is 0 Å². The Bertz CT molecular complexity index is 635. The summed E-state index contributed by atoms with van der Waals surface area (Å²) in [5.74, 6) is -0.300. The molecule has 4 heteroatoms. The van der Waals surface area contributed by atoms with Crippen LogP contribution in [-0.2, 0) is 11.3 Å². The fourth-order valence-electron chi connectivity index (χ4n) is 1.74. The number of ether oxygens (including phenoxy) is 1. The maximum Gasteiger partial charge on any atom is 0.339 e. The van der Waals surface area contributed by atoms with Crippen LogP contribution in [0.3, 0.4) is 0 Å². The molecule has 96 valence electrons. The SMILES string of the molecule is Cc1cc(C(=O)OCc2ccc(C#N)cc2)c(C)s1. The van der Waals surface area contributed by atoms with Crippen LogP contribution in [0.4, 0.5) is 0 Å². The second kappa shape index (κ2) is 5.68. The molecule has 1 aromatic carbocycles. The molecule has 1 aromatic heterocycles. The summed E-state index contributed by atoms with van der Waals surface area (Å²) in [5, 5.41) is 8.69. The fraction of sp³-hybridized carbons (Fsp3) is 0.200. The van der Waals surface area contributed by atoms with Gasteiger partial charge in [-0.1, -0.05) is 12.1 Å². The fourth-order valence-corrected chi connectivity index (χ4v) is 2.65. The third-order valence-electron chi connectivity index (χ3n) is 2.71. The van der Waals surface area contributed by atoms with Gasteiger partial charge in [-0.2, -0.15) is 5.26 Å². The molecular formula is C15H13NO2S. The topological polar surface area (TPSA) is 50.1 Å². The highest BCUT2D eigenvalue weighted by atomic mass is 32.1. The number of hydrogen-bond donors (Lipinski definition) is 0. The van der Waals surface area contributed by atoms with Crippen LogP contribution in [0.2, 0.25) is 0 Å². The molecule has 19 heavy (non-hydrogen) atoms. The molecule has 1 heterocycles. The predicted molar refractivity (Wildman–Crippen MR) is 74.1 cm³/mol. The van der Waals surface area contributed by atoms with Crippen molar-refractivity contribution < 1.29 is 9.53 Å². The Hall–Kier alpha value is -2.12. The number of thiophene rings is 1. The predicted octanol–water partition coefficient (Wildman–Crippen LogP) is 3.59. The molecule has 0 amide bonds. The van der Waals surface area contributed by atoms with E-state index in [0.717, 1.165) is 15.3 Å². The molecule has 0 unspecified atom stereocenters. The Kier molecular flexibility index (Phi) is 3.98. The van der Waals surface area contributed by atoms with Crippen LogP contribution in [-0.4, -0.2) is 5.97 Å². The highest BCUT2D eigenvalue weighted by Gasteiger charge is 2.13. The number of aryl methyl sites for hydroxylation is 2. The summed E-state index contributed by atoms with van der Waals surface area (Å²) in [6.45, 7) is 4.10. The van der Waals surface area contributed by atoms with Gasteiger partial charge in [0.05, 0.1) is 17.2 Å². The largest absolute Gasteiger partial charge is 0.457 e. The van der Waals surface area contributed by atoms with Crippen LogP contribution in [0, 0.1) is 25.2 Å². The van der Waals surface area contributed by atoms with E-state index in [2.05, 4.69) is 0 Å². The van der Waals surface area contributed by atoms with Crippen molar-refractivity contribution in [2.75, 3.05) is 0 Å². The van der Waals surface area contributed by atoms with E-state index in [1.165, 1.54) is 0 Å². The molecule has 0 saturated carbocycles. The molecule has 0 radical (unpaired) electrons. The summed E-state index contributed by atoms with van der Waals surface area (Å²) in [4.78, 5) is 14.0. The zero-order valence-corrected chi connectivity index (χ0v) is 11.6. The van der Waals surface area contributed by atoms with Crippen molar-refractivity contribution in [3.8, 4) is 6.07 Å². The Balaban J connectivity index is 2.00. The van der Waals surface area contributed by atoms with Gasteiger partial charge in [0, 0.05) is 9.75 Å². The van der Waals surface area contributed by atoms with Crippen molar-refractivity contribution in [2.24, 2.45) is 0 Å². The maximum atomic E-state index is 11.9. The van der Waals surface area contributed by atoms with E-state index < -0.39 is 0 Å².